The van der Waals surface area contributed by atoms with Gasteiger partial charge in [0.05, 0.1) is 5.92 Å². The smallest absolute Gasteiger partial charge is 0.336 e. The third-order valence-electron chi connectivity index (χ3n) is 4.41. The Morgan fingerprint density at radius 3 is 2.52 bits per heavy atom. The van der Waals surface area contributed by atoms with Gasteiger partial charge in [0, 0.05) is 22.4 Å². The maximum Gasteiger partial charge on any atom is 0.336 e. The highest BCUT2D eigenvalue weighted by Crippen LogP contribution is 2.35. The van der Waals surface area contributed by atoms with Crippen LogP contribution in [0.5, 0.6) is 5.75 Å². The molecule has 0 spiro atoms. The molecule has 0 aliphatic heterocycles. The van der Waals surface area contributed by atoms with Crippen LogP contribution in [0, 0.1) is 12.8 Å². The van der Waals surface area contributed by atoms with Crippen molar-refractivity contribution in [3.05, 3.63) is 64.5 Å². The lowest BCUT2D eigenvalue weighted by molar-refractivity contribution is -0.137. The molecule has 0 saturated heterocycles. The third kappa shape index (κ3) is 3.12. The fraction of sp³-hybridized carbons (Fsp3) is 0.182. The molecule has 0 amide bonds. The zero-order valence-corrected chi connectivity index (χ0v) is 15.2. The molecule has 0 fully saturated rings. The number of benzene rings is 2. The molecular weight excluding hydrogens is 344 g/mol. The molecule has 0 unspecified atom stereocenters. The molecule has 4 rings (SSSR count). The van der Waals surface area contributed by atoms with Gasteiger partial charge in [-0.1, -0.05) is 32.0 Å². The number of ether oxygens (including phenoxy) is 1. The molecule has 136 valence electrons. The second kappa shape index (κ2) is 6.43. The number of carbonyl (C=O) groups excluding carboxylic acids is 1. The number of fused-ring (bicyclic) bond motifs is 2. The van der Waals surface area contributed by atoms with Crippen LogP contribution in [0.25, 0.3) is 33.3 Å². The normalized spacial score (nSPS) is 11.4. The summed E-state index contributed by atoms with van der Waals surface area (Å²) in [7, 11) is 0. The van der Waals surface area contributed by atoms with E-state index in [-0.39, 0.29) is 11.9 Å². The van der Waals surface area contributed by atoms with Gasteiger partial charge in [0.15, 0.2) is 0 Å². The number of rotatable bonds is 3. The quantitative estimate of drug-likeness (QED) is 0.289. The molecule has 0 aliphatic rings. The van der Waals surface area contributed by atoms with Gasteiger partial charge in [-0.15, -0.1) is 0 Å². The summed E-state index contributed by atoms with van der Waals surface area (Å²) >= 11 is 0. The van der Waals surface area contributed by atoms with Crippen LogP contribution in [-0.2, 0) is 4.79 Å². The van der Waals surface area contributed by atoms with E-state index in [1.165, 1.54) is 6.07 Å². The van der Waals surface area contributed by atoms with E-state index < -0.39 is 5.63 Å². The van der Waals surface area contributed by atoms with Gasteiger partial charge < -0.3 is 13.6 Å². The van der Waals surface area contributed by atoms with Crippen molar-refractivity contribution in [2.45, 2.75) is 20.8 Å². The highest BCUT2D eigenvalue weighted by Gasteiger charge is 2.17. The second-order valence-electron chi connectivity index (χ2n) is 6.82. The maximum absolute atomic E-state index is 12.1. The zero-order chi connectivity index (χ0) is 19.1. The number of esters is 1. The van der Waals surface area contributed by atoms with Crippen LogP contribution in [0.4, 0.5) is 0 Å². The van der Waals surface area contributed by atoms with Crippen molar-refractivity contribution in [3.8, 4) is 17.1 Å². The summed E-state index contributed by atoms with van der Waals surface area (Å²) in [4.78, 5) is 24.1. The average molecular weight is 362 g/mol. The number of para-hydroxylation sites is 1. The molecule has 0 radical (unpaired) electrons. The van der Waals surface area contributed by atoms with Gasteiger partial charge in [-0.2, -0.15) is 0 Å². The lowest BCUT2D eigenvalue weighted by Gasteiger charge is -2.11. The van der Waals surface area contributed by atoms with Gasteiger partial charge in [0.25, 0.3) is 0 Å². The summed E-state index contributed by atoms with van der Waals surface area (Å²) < 4.78 is 16.8. The molecule has 0 aliphatic carbocycles. The number of carbonyl (C=O) groups is 1. The molecule has 2 heterocycles. The summed E-state index contributed by atoms with van der Waals surface area (Å²) in [6.45, 7) is 5.35. The van der Waals surface area contributed by atoms with E-state index in [0.717, 1.165) is 11.0 Å². The Morgan fingerprint density at radius 1 is 1.00 bits per heavy atom. The van der Waals surface area contributed by atoms with Crippen LogP contribution in [-0.4, -0.2) is 5.97 Å². The molecule has 5 heteroatoms. The highest BCUT2D eigenvalue weighted by atomic mass is 16.5. The lowest BCUT2D eigenvalue weighted by atomic mass is 10.0. The lowest BCUT2D eigenvalue weighted by Crippen LogP contribution is -2.15. The van der Waals surface area contributed by atoms with E-state index in [4.69, 9.17) is 13.6 Å². The fourth-order valence-corrected chi connectivity index (χ4v) is 2.94. The number of furan rings is 1. The van der Waals surface area contributed by atoms with E-state index in [1.54, 1.807) is 32.9 Å². The molecule has 27 heavy (non-hydrogen) atoms. The van der Waals surface area contributed by atoms with Gasteiger partial charge in [0.1, 0.15) is 22.7 Å². The topological polar surface area (TPSA) is 69.7 Å². The molecule has 0 atom stereocenters. The molecule has 0 bridgehead atoms. The standard InChI is InChI=1S/C22H18O5/c1-12(2)22(24)27-18-10-15-16(11-21(23)26-19(15)8-13(18)3)20-9-14-6-4-5-7-17(14)25-20/h4-12H,1-3H3. The summed E-state index contributed by atoms with van der Waals surface area (Å²) in [5.41, 5.74) is 1.98. The predicted octanol–water partition coefficient (Wildman–Crippen LogP) is 5.08. The van der Waals surface area contributed by atoms with Crippen LogP contribution in [0.15, 0.2) is 62.2 Å². The monoisotopic (exact) mass is 362 g/mol. The van der Waals surface area contributed by atoms with Gasteiger partial charge in [-0.3, -0.25) is 4.79 Å². The minimum Gasteiger partial charge on any atom is -0.456 e. The zero-order valence-electron chi connectivity index (χ0n) is 15.2. The van der Waals surface area contributed by atoms with Crippen molar-refractivity contribution in [2.24, 2.45) is 5.92 Å². The molecule has 0 saturated carbocycles. The third-order valence-corrected chi connectivity index (χ3v) is 4.41. The second-order valence-corrected chi connectivity index (χ2v) is 6.82. The Labute approximate surface area is 155 Å². The Kier molecular flexibility index (Phi) is 4.07. The van der Waals surface area contributed by atoms with E-state index in [9.17, 15) is 9.59 Å². The number of hydrogen-bond donors (Lipinski definition) is 0. The average Bonchev–Trinajstić information content (AvgIpc) is 3.05. The van der Waals surface area contributed by atoms with E-state index in [2.05, 4.69) is 0 Å². The van der Waals surface area contributed by atoms with Crippen molar-refractivity contribution in [3.63, 3.8) is 0 Å². The van der Waals surface area contributed by atoms with Gasteiger partial charge >= 0.3 is 11.6 Å². The van der Waals surface area contributed by atoms with Crippen molar-refractivity contribution < 1.29 is 18.4 Å². The molecule has 4 aromatic rings. The first-order valence-electron chi connectivity index (χ1n) is 8.71. The van der Waals surface area contributed by atoms with Crippen LogP contribution in [0.3, 0.4) is 0 Å². The summed E-state index contributed by atoms with van der Waals surface area (Å²) in [6.07, 6.45) is 0. The van der Waals surface area contributed by atoms with Gasteiger partial charge in [-0.25, -0.2) is 4.79 Å². The number of aryl methyl sites for hydroxylation is 1. The fourth-order valence-electron chi connectivity index (χ4n) is 2.94. The Bertz CT molecular complexity index is 1190. The molecule has 0 N–H and O–H groups in total. The van der Waals surface area contributed by atoms with E-state index in [0.29, 0.717) is 33.6 Å². The molecule has 2 aromatic heterocycles. The van der Waals surface area contributed by atoms with Crippen molar-refractivity contribution >= 4 is 27.9 Å². The van der Waals surface area contributed by atoms with Crippen molar-refractivity contribution in [1.29, 1.82) is 0 Å². The van der Waals surface area contributed by atoms with Crippen molar-refractivity contribution in [2.75, 3.05) is 0 Å². The van der Waals surface area contributed by atoms with E-state index in [1.807, 2.05) is 30.3 Å². The first-order valence-corrected chi connectivity index (χ1v) is 8.71. The maximum atomic E-state index is 12.1. The highest BCUT2D eigenvalue weighted by molar-refractivity contribution is 5.96. The summed E-state index contributed by atoms with van der Waals surface area (Å²) in [6, 6.07) is 14.3. The van der Waals surface area contributed by atoms with Crippen LogP contribution >= 0.6 is 0 Å². The van der Waals surface area contributed by atoms with Crippen molar-refractivity contribution in [1.82, 2.24) is 0 Å². The SMILES string of the molecule is Cc1cc2oc(=O)cc(-c3cc4ccccc4o3)c2cc1OC(=O)C(C)C. The predicted molar refractivity (Wildman–Crippen MR) is 103 cm³/mol. The molecule has 5 nitrogen and oxygen atoms in total. The Morgan fingerprint density at radius 2 is 1.78 bits per heavy atom. The van der Waals surface area contributed by atoms with Crippen LogP contribution in [0.1, 0.15) is 19.4 Å². The van der Waals surface area contributed by atoms with Crippen LogP contribution in [0.2, 0.25) is 0 Å². The number of hydrogen-bond acceptors (Lipinski definition) is 5. The molecule has 2 aromatic carbocycles. The van der Waals surface area contributed by atoms with Gasteiger partial charge in [0.2, 0.25) is 0 Å². The Hall–Kier alpha value is -3.34. The first kappa shape index (κ1) is 17.1. The van der Waals surface area contributed by atoms with Gasteiger partial charge in [-0.05, 0) is 36.8 Å². The summed E-state index contributed by atoms with van der Waals surface area (Å²) in [5, 5.41) is 1.58. The Balaban J connectivity index is 1.93. The minimum atomic E-state index is -0.468. The summed E-state index contributed by atoms with van der Waals surface area (Å²) in [5.74, 6) is 0.426. The van der Waals surface area contributed by atoms with Crippen LogP contribution < -0.4 is 10.4 Å². The first-order chi connectivity index (χ1) is 12.9. The largest absolute Gasteiger partial charge is 0.456 e. The van der Waals surface area contributed by atoms with E-state index >= 15 is 0 Å². The molecular formula is C22H18O5. The minimum absolute atomic E-state index is 0.247.